The van der Waals surface area contributed by atoms with Crippen molar-refractivity contribution in [3.05, 3.63) is 0 Å². The van der Waals surface area contributed by atoms with E-state index in [0.29, 0.717) is 12.0 Å². The van der Waals surface area contributed by atoms with Gasteiger partial charge in [-0.25, -0.2) is 4.79 Å². The van der Waals surface area contributed by atoms with Crippen molar-refractivity contribution in [2.24, 2.45) is 11.7 Å². The van der Waals surface area contributed by atoms with Crippen LogP contribution in [0.4, 0.5) is 4.79 Å². The van der Waals surface area contributed by atoms with E-state index in [1.54, 1.807) is 0 Å². The fraction of sp³-hybridized carbons (Fsp3) is 0.714. The Morgan fingerprint density at radius 3 is 2.58 bits per heavy atom. The number of urea groups is 1. The Bertz CT molecular complexity index is 205. The van der Waals surface area contributed by atoms with E-state index in [1.165, 1.54) is 0 Å². The summed E-state index contributed by atoms with van der Waals surface area (Å²) in [5.74, 6) is 0.271. The quantitative estimate of drug-likeness (QED) is 0.518. The normalized spacial score (nSPS) is 26.4. The number of hydrogen-bond donors (Lipinski definition) is 3. The summed E-state index contributed by atoms with van der Waals surface area (Å²) in [5.41, 5.74) is 4.74. The average molecular weight is 171 g/mol. The number of carbonyl (C=O) groups is 2. The number of rotatable bonds is 3. The molecule has 2 atom stereocenters. The topological polar surface area (TPSA) is 84.2 Å². The molecule has 0 bridgehead atoms. The van der Waals surface area contributed by atoms with Crippen molar-refractivity contribution in [3.63, 3.8) is 0 Å². The van der Waals surface area contributed by atoms with Gasteiger partial charge in [-0.1, -0.05) is 6.92 Å². The van der Waals surface area contributed by atoms with Gasteiger partial charge in [-0.05, 0) is 12.3 Å². The SMILES string of the molecule is CC1CC1NCC(=O)NC(N)=O. The summed E-state index contributed by atoms with van der Waals surface area (Å²) in [6.07, 6.45) is 1.10. The summed E-state index contributed by atoms with van der Waals surface area (Å²) in [4.78, 5) is 21.0. The molecule has 0 radical (unpaired) electrons. The van der Waals surface area contributed by atoms with Gasteiger partial charge in [0.05, 0.1) is 6.54 Å². The monoisotopic (exact) mass is 171 g/mol. The summed E-state index contributed by atoms with van der Waals surface area (Å²) < 4.78 is 0. The van der Waals surface area contributed by atoms with Gasteiger partial charge in [-0.15, -0.1) is 0 Å². The number of amides is 3. The van der Waals surface area contributed by atoms with Crippen molar-refractivity contribution in [1.82, 2.24) is 10.6 Å². The highest BCUT2D eigenvalue weighted by Crippen LogP contribution is 2.28. The lowest BCUT2D eigenvalue weighted by Gasteiger charge is -2.01. The maximum Gasteiger partial charge on any atom is 0.318 e. The third kappa shape index (κ3) is 2.87. The smallest absolute Gasteiger partial charge is 0.318 e. The van der Waals surface area contributed by atoms with Gasteiger partial charge in [-0.2, -0.15) is 0 Å². The fourth-order valence-corrected chi connectivity index (χ4v) is 1.01. The maximum absolute atomic E-state index is 10.8. The molecule has 68 valence electrons. The molecule has 1 rings (SSSR count). The summed E-state index contributed by atoms with van der Waals surface area (Å²) in [6.45, 7) is 2.27. The van der Waals surface area contributed by atoms with Gasteiger partial charge < -0.3 is 11.1 Å². The van der Waals surface area contributed by atoms with Crippen LogP contribution in [0.2, 0.25) is 0 Å². The molecule has 0 spiro atoms. The largest absolute Gasteiger partial charge is 0.351 e. The van der Waals surface area contributed by atoms with Crippen molar-refractivity contribution >= 4 is 11.9 Å². The van der Waals surface area contributed by atoms with Gasteiger partial charge in [0.2, 0.25) is 5.91 Å². The summed E-state index contributed by atoms with van der Waals surface area (Å²) in [5, 5.41) is 4.97. The zero-order chi connectivity index (χ0) is 9.14. The van der Waals surface area contributed by atoms with Crippen LogP contribution in [0, 0.1) is 5.92 Å². The van der Waals surface area contributed by atoms with Crippen LogP contribution in [0.1, 0.15) is 13.3 Å². The molecule has 0 aromatic rings. The van der Waals surface area contributed by atoms with E-state index >= 15 is 0 Å². The molecule has 5 heteroatoms. The highest BCUT2D eigenvalue weighted by molar-refractivity contribution is 5.94. The molecule has 5 nitrogen and oxygen atoms in total. The third-order valence-corrected chi connectivity index (χ3v) is 1.90. The minimum atomic E-state index is -0.800. The molecule has 12 heavy (non-hydrogen) atoms. The van der Waals surface area contributed by atoms with Crippen LogP contribution in [-0.4, -0.2) is 24.5 Å². The zero-order valence-electron chi connectivity index (χ0n) is 6.96. The van der Waals surface area contributed by atoms with Crippen molar-refractivity contribution in [3.8, 4) is 0 Å². The molecule has 0 saturated heterocycles. The van der Waals surface area contributed by atoms with Gasteiger partial charge in [-0.3, -0.25) is 10.1 Å². The molecule has 3 amide bonds. The lowest BCUT2D eigenvalue weighted by atomic mass is 10.4. The minimum Gasteiger partial charge on any atom is -0.351 e. The third-order valence-electron chi connectivity index (χ3n) is 1.90. The van der Waals surface area contributed by atoms with E-state index in [-0.39, 0.29) is 12.5 Å². The molecule has 2 unspecified atom stereocenters. The molecule has 1 fully saturated rings. The standard InChI is InChI=1S/C7H13N3O2/c1-4-2-5(4)9-3-6(11)10-7(8)12/h4-5,9H,2-3H2,1H3,(H3,8,10,11,12). The lowest BCUT2D eigenvalue weighted by Crippen LogP contribution is -2.41. The molecule has 0 aromatic carbocycles. The summed E-state index contributed by atoms with van der Waals surface area (Å²) in [6, 6.07) is -0.366. The van der Waals surface area contributed by atoms with Crippen LogP contribution in [0.5, 0.6) is 0 Å². The Hall–Kier alpha value is -1.10. The maximum atomic E-state index is 10.8. The molecule has 1 aliphatic rings. The first-order valence-electron chi connectivity index (χ1n) is 3.92. The second-order valence-corrected chi connectivity index (χ2v) is 3.11. The van der Waals surface area contributed by atoms with E-state index in [1.807, 2.05) is 5.32 Å². The number of nitrogens with one attached hydrogen (secondary N) is 2. The van der Waals surface area contributed by atoms with Crippen LogP contribution in [0.25, 0.3) is 0 Å². The predicted molar refractivity (Wildman–Crippen MR) is 43.3 cm³/mol. The molecule has 1 saturated carbocycles. The molecule has 0 heterocycles. The van der Waals surface area contributed by atoms with Crippen molar-refractivity contribution in [2.45, 2.75) is 19.4 Å². The Labute approximate surface area is 70.7 Å². The fourth-order valence-electron chi connectivity index (χ4n) is 1.01. The van der Waals surface area contributed by atoms with Gasteiger partial charge in [0.15, 0.2) is 0 Å². The lowest BCUT2D eigenvalue weighted by molar-refractivity contribution is -0.119. The molecule has 1 aliphatic carbocycles. The zero-order valence-corrected chi connectivity index (χ0v) is 6.96. The Kier molecular flexibility index (Phi) is 2.65. The van der Waals surface area contributed by atoms with Gasteiger partial charge >= 0.3 is 6.03 Å². The van der Waals surface area contributed by atoms with Crippen LogP contribution in [0.15, 0.2) is 0 Å². The van der Waals surface area contributed by atoms with Crippen LogP contribution in [-0.2, 0) is 4.79 Å². The second kappa shape index (κ2) is 3.53. The summed E-state index contributed by atoms with van der Waals surface area (Å²) in [7, 11) is 0. The Morgan fingerprint density at radius 2 is 2.17 bits per heavy atom. The minimum absolute atomic E-state index is 0.165. The van der Waals surface area contributed by atoms with Crippen LogP contribution >= 0.6 is 0 Å². The van der Waals surface area contributed by atoms with Gasteiger partial charge in [0.1, 0.15) is 0 Å². The average Bonchev–Trinajstić information content (AvgIpc) is 2.61. The summed E-state index contributed by atoms with van der Waals surface area (Å²) >= 11 is 0. The number of imide groups is 1. The van der Waals surface area contributed by atoms with Crippen molar-refractivity contribution < 1.29 is 9.59 Å². The molecule has 0 aliphatic heterocycles. The van der Waals surface area contributed by atoms with E-state index in [4.69, 9.17) is 5.73 Å². The van der Waals surface area contributed by atoms with Crippen molar-refractivity contribution in [2.75, 3.05) is 6.54 Å². The van der Waals surface area contributed by atoms with E-state index < -0.39 is 6.03 Å². The first-order valence-corrected chi connectivity index (χ1v) is 3.92. The number of carbonyl (C=O) groups excluding carboxylic acids is 2. The molecule has 4 N–H and O–H groups in total. The predicted octanol–water partition coefficient (Wildman–Crippen LogP) is -0.821. The van der Waals surface area contributed by atoms with E-state index in [2.05, 4.69) is 12.2 Å². The number of nitrogens with two attached hydrogens (primary N) is 1. The second-order valence-electron chi connectivity index (χ2n) is 3.11. The van der Waals surface area contributed by atoms with Crippen LogP contribution < -0.4 is 16.4 Å². The number of hydrogen-bond acceptors (Lipinski definition) is 3. The molecular weight excluding hydrogens is 158 g/mol. The number of primary amides is 1. The molecular formula is C7H13N3O2. The first kappa shape index (κ1) is 8.99. The van der Waals surface area contributed by atoms with Gasteiger partial charge in [0.25, 0.3) is 0 Å². The highest BCUT2D eigenvalue weighted by Gasteiger charge is 2.32. The first-order chi connectivity index (χ1) is 5.59. The highest BCUT2D eigenvalue weighted by atomic mass is 16.2. The van der Waals surface area contributed by atoms with E-state index in [9.17, 15) is 9.59 Å². The van der Waals surface area contributed by atoms with Crippen molar-refractivity contribution in [1.29, 1.82) is 0 Å². The van der Waals surface area contributed by atoms with E-state index in [0.717, 1.165) is 6.42 Å². The van der Waals surface area contributed by atoms with Gasteiger partial charge in [0, 0.05) is 6.04 Å². The molecule has 0 aromatic heterocycles. The van der Waals surface area contributed by atoms with Crippen LogP contribution in [0.3, 0.4) is 0 Å². The Morgan fingerprint density at radius 1 is 1.58 bits per heavy atom. The Balaban J connectivity index is 2.06.